The molecular weight excluding hydrogens is 266 g/mol. The monoisotopic (exact) mass is 281 g/mol. The molecule has 0 fully saturated rings. The molecule has 0 aliphatic carbocycles. The molecule has 0 N–H and O–H groups in total. The lowest BCUT2D eigenvalue weighted by Gasteiger charge is -2.15. The van der Waals surface area contributed by atoms with Gasteiger partial charge in [-0.1, -0.05) is 34.1 Å². The Morgan fingerprint density at radius 3 is 2.94 bits per heavy atom. The Bertz CT molecular complexity index is 391. The fourth-order valence-electron chi connectivity index (χ4n) is 2.36. The Labute approximate surface area is 105 Å². The van der Waals surface area contributed by atoms with Gasteiger partial charge in [0.25, 0.3) is 0 Å². The number of para-hydroxylation sites is 1. The van der Waals surface area contributed by atoms with Gasteiger partial charge < -0.3 is 4.90 Å². The highest BCUT2D eigenvalue weighted by Gasteiger charge is 2.29. The van der Waals surface area contributed by atoms with Gasteiger partial charge in [-0.3, -0.25) is 4.79 Å². The van der Waals surface area contributed by atoms with Gasteiger partial charge in [-0.15, -0.1) is 0 Å². The molecule has 1 unspecified atom stereocenters. The van der Waals surface area contributed by atoms with Gasteiger partial charge in [0, 0.05) is 30.4 Å². The highest BCUT2D eigenvalue weighted by Crippen LogP contribution is 2.38. The van der Waals surface area contributed by atoms with Gasteiger partial charge in [-0.05, 0) is 24.5 Å². The predicted molar refractivity (Wildman–Crippen MR) is 70.2 cm³/mol. The zero-order chi connectivity index (χ0) is 11.5. The van der Waals surface area contributed by atoms with E-state index in [0.29, 0.717) is 5.92 Å². The zero-order valence-electron chi connectivity index (χ0n) is 9.45. The number of hydrogen-bond donors (Lipinski definition) is 0. The summed E-state index contributed by atoms with van der Waals surface area (Å²) in [6.07, 6.45) is 2.30. The van der Waals surface area contributed by atoms with Crippen LogP contribution in [0.2, 0.25) is 0 Å². The van der Waals surface area contributed by atoms with Crippen LogP contribution in [-0.2, 0) is 4.79 Å². The van der Waals surface area contributed by atoms with Gasteiger partial charge in [0.2, 0.25) is 5.91 Å². The van der Waals surface area contributed by atoms with E-state index >= 15 is 0 Å². The number of halogens is 1. The first kappa shape index (κ1) is 11.6. The third-order valence-electron chi connectivity index (χ3n) is 3.14. The summed E-state index contributed by atoms with van der Waals surface area (Å²) >= 11 is 3.46. The highest BCUT2D eigenvalue weighted by molar-refractivity contribution is 9.09. The number of nitrogens with zero attached hydrogens (tertiary/aromatic N) is 1. The maximum Gasteiger partial charge on any atom is 0.223 e. The maximum atomic E-state index is 11.5. The lowest BCUT2D eigenvalue weighted by Crippen LogP contribution is -2.26. The summed E-state index contributed by atoms with van der Waals surface area (Å²) < 4.78 is 0. The fourth-order valence-corrected chi connectivity index (χ4v) is 2.69. The number of benzene rings is 1. The second-order valence-corrected chi connectivity index (χ2v) is 5.01. The second kappa shape index (κ2) is 5.00. The molecule has 1 amide bonds. The van der Waals surface area contributed by atoms with Crippen molar-refractivity contribution in [3.63, 3.8) is 0 Å². The zero-order valence-corrected chi connectivity index (χ0v) is 11.0. The average Bonchev–Trinajstić information content (AvgIpc) is 2.65. The van der Waals surface area contributed by atoms with Gasteiger partial charge >= 0.3 is 0 Å². The molecule has 86 valence electrons. The number of alkyl halides is 1. The van der Waals surface area contributed by atoms with Crippen molar-refractivity contribution < 1.29 is 4.79 Å². The number of hydrogen-bond acceptors (Lipinski definition) is 1. The molecule has 1 atom stereocenters. The smallest absolute Gasteiger partial charge is 0.223 e. The van der Waals surface area contributed by atoms with Crippen molar-refractivity contribution in [1.82, 2.24) is 0 Å². The second-order valence-electron chi connectivity index (χ2n) is 4.22. The summed E-state index contributed by atoms with van der Waals surface area (Å²) in [5.74, 6) is 0.659. The molecule has 1 aliphatic heterocycles. The minimum Gasteiger partial charge on any atom is -0.312 e. The van der Waals surface area contributed by atoms with Crippen molar-refractivity contribution in [3.05, 3.63) is 29.8 Å². The van der Waals surface area contributed by atoms with Crippen LogP contribution in [0, 0.1) is 0 Å². The van der Waals surface area contributed by atoms with Crippen molar-refractivity contribution in [2.45, 2.75) is 25.7 Å². The van der Waals surface area contributed by atoms with Crippen LogP contribution < -0.4 is 4.90 Å². The summed E-state index contributed by atoms with van der Waals surface area (Å²) in [5.41, 5.74) is 2.44. The lowest BCUT2D eigenvalue weighted by atomic mass is 9.97. The van der Waals surface area contributed by atoms with Crippen molar-refractivity contribution in [2.75, 3.05) is 16.8 Å². The van der Waals surface area contributed by atoms with Crippen LogP contribution in [0.5, 0.6) is 0 Å². The number of anilines is 1. The first-order valence-electron chi connectivity index (χ1n) is 5.67. The Morgan fingerprint density at radius 1 is 1.50 bits per heavy atom. The number of carbonyl (C=O) groups is 1. The van der Waals surface area contributed by atoms with Crippen molar-refractivity contribution in [1.29, 1.82) is 0 Å². The van der Waals surface area contributed by atoms with Crippen LogP contribution in [0.4, 0.5) is 5.69 Å². The van der Waals surface area contributed by atoms with Gasteiger partial charge in [0.05, 0.1) is 0 Å². The first-order chi connectivity index (χ1) is 7.74. The van der Waals surface area contributed by atoms with Crippen LogP contribution in [-0.4, -0.2) is 17.8 Å². The Balaban J connectivity index is 2.24. The normalized spacial score (nSPS) is 18.6. The third kappa shape index (κ3) is 2.14. The molecule has 2 rings (SSSR count). The highest BCUT2D eigenvalue weighted by atomic mass is 79.9. The molecule has 3 heteroatoms. The molecule has 1 heterocycles. The average molecular weight is 282 g/mol. The molecule has 0 bridgehead atoms. The third-order valence-corrected chi connectivity index (χ3v) is 3.70. The molecule has 1 aromatic carbocycles. The van der Waals surface area contributed by atoms with Crippen LogP contribution >= 0.6 is 15.9 Å². The molecule has 0 saturated carbocycles. The predicted octanol–water partition coefficient (Wildman–Crippen LogP) is 3.31. The summed E-state index contributed by atoms with van der Waals surface area (Å²) in [6.45, 7) is 2.49. The van der Waals surface area contributed by atoms with E-state index in [-0.39, 0.29) is 5.91 Å². The molecule has 0 saturated heterocycles. The molecule has 16 heavy (non-hydrogen) atoms. The van der Waals surface area contributed by atoms with E-state index in [9.17, 15) is 4.79 Å². The summed E-state index contributed by atoms with van der Waals surface area (Å²) in [4.78, 5) is 13.4. The van der Waals surface area contributed by atoms with Gasteiger partial charge in [-0.2, -0.15) is 0 Å². The maximum absolute atomic E-state index is 11.5. The molecular formula is C13H16BrNO. The number of carbonyl (C=O) groups excluding carboxylic acids is 1. The van der Waals surface area contributed by atoms with E-state index in [2.05, 4.69) is 28.1 Å². The SMILES string of the molecule is CC(=O)N1CC(CCCBr)c2ccccc21. The van der Waals surface area contributed by atoms with Crippen LogP contribution in [0.25, 0.3) is 0 Å². The molecule has 2 nitrogen and oxygen atoms in total. The first-order valence-corrected chi connectivity index (χ1v) is 6.79. The van der Waals surface area contributed by atoms with E-state index < -0.39 is 0 Å². The van der Waals surface area contributed by atoms with Crippen LogP contribution in [0.3, 0.4) is 0 Å². The van der Waals surface area contributed by atoms with E-state index in [4.69, 9.17) is 0 Å². The number of amides is 1. The van der Waals surface area contributed by atoms with E-state index in [0.717, 1.165) is 30.4 Å². The Morgan fingerprint density at radius 2 is 2.25 bits per heavy atom. The van der Waals surface area contributed by atoms with Gasteiger partial charge in [0.1, 0.15) is 0 Å². The molecule has 0 spiro atoms. The number of fused-ring (bicyclic) bond motifs is 1. The molecule has 1 aromatic rings. The summed E-state index contributed by atoms with van der Waals surface area (Å²) in [5, 5.41) is 1.03. The van der Waals surface area contributed by atoms with E-state index in [1.54, 1.807) is 6.92 Å². The lowest BCUT2D eigenvalue weighted by molar-refractivity contribution is -0.116. The van der Waals surface area contributed by atoms with E-state index in [1.807, 2.05) is 17.0 Å². The quantitative estimate of drug-likeness (QED) is 0.779. The van der Waals surface area contributed by atoms with Crippen LogP contribution in [0.15, 0.2) is 24.3 Å². The van der Waals surface area contributed by atoms with Crippen molar-refractivity contribution in [3.8, 4) is 0 Å². The summed E-state index contributed by atoms with van der Waals surface area (Å²) in [7, 11) is 0. The summed E-state index contributed by atoms with van der Waals surface area (Å²) in [6, 6.07) is 8.26. The van der Waals surface area contributed by atoms with Crippen LogP contribution in [0.1, 0.15) is 31.2 Å². The Hall–Kier alpha value is -0.830. The number of rotatable bonds is 3. The van der Waals surface area contributed by atoms with Crippen molar-refractivity contribution in [2.24, 2.45) is 0 Å². The van der Waals surface area contributed by atoms with E-state index in [1.165, 1.54) is 5.56 Å². The van der Waals surface area contributed by atoms with Crippen molar-refractivity contribution >= 4 is 27.5 Å². The molecule has 0 radical (unpaired) electrons. The minimum absolute atomic E-state index is 0.147. The Kier molecular flexibility index (Phi) is 3.64. The molecule has 0 aromatic heterocycles. The van der Waals surface area contributed by atoms with Gasteiger partial charge in [0.15, 0.2) is 0 Å². The topological polar surface area (TPSA) is 20.3 Å². The largest absolute Gasteiger partial charge is 0.312 e. The van der Waals surface area contributed by atoms with Gasteiger partial charge in [-0.25, -0.2) is 0 Å². The fraction of sp³-hybridized carbons (Fsp3) is 0.462. The minimum atomic E-state index is 0.147. The molecule has 1 aliphatic rings. The standard InChI is InChI=1S/C13H16BrNO/c1-10(16)15-9-11(5-4-8-14)12-6-2-3-7-13(12)15/h2-3,6-7,11H,4-5,8-9H2,1H3.